The lowest BCUT2D eigenvalue weighted by Gasteiger charge is -2.52. The molecule has 2 saturated heterocycles. The molecule has 0 aliphatic carbocycles. The average molecular weight is 628 g/mol. The summed E-state index contributed by atoms with van der Waals surface area (Å²) in [5, 5.41) is 86.9. The third kappa shape index (κ3) is 8.08. The lowest BCUT2D eigenvalue weighted by Crippen LogP contribution is -2.75. The van der Waals surface area contributed by atoms with Crippen LogP contribution in [0.25, 0.3) is 0 Å². The van der Waals surface area contributed by atoms with E-state index in [-0.39, 0.29) is 6.29 Å². The van der Waals surface area contributed by atoms with Crippen molar-refractivity contribution in [2.24, 2.45) is 5.73 Å². The molecule has 0 radical (unpaired) electrons. The van der Waals surface area contributed by atoms with Crippen molar-refractivity contribution in [3.63, 3.8) is 0 Å². The summed E-state index contributed by atoms with van der Waals surface area (Å²) >= 11 is 0. The van der Waals surface area contributed by atoms with Gasteiger partial charge in [0.05, 0.1) is 25.9 Å². The summed E-state index contributed by atoms with van der Waals surface area (Å²) in [7, 11) is 0. The highest BCUT2D eigenvalue weighted by Crippen LogP contribution is 2.36. The highest BCUT2D eigenvalue weighted by Gasteiger charge is 2.60. The van der Waals surface area contributed by atoms with Gasteiger partial charge in [0.1, 0.15) is 73.3 Å². The van der Waals surface area contributed by atoms with E-state index in [1.165, 1.54) is 0 Å². The van der Waals surface area contributed by atoms with Gasteiger partial charge in [-0.25, -0.2) is 0 Å². The van der Waals surface area contributed by atoms with Gasteiger partial charge in [0.25, 0.3) is 0 Å². The SMILES string of the molecule is CC(=O)N[C@H]1[C@H](O[C@H]2[C@H](O)[C@@H](N)[C@](O[C@@H]([C@H](O)[C@H](C=O)NC(C)=O)[C@H](O)CO)(C(C)=O)O[C@@H]2CO)O[C@H](CO)[C@@H](O)[C@@H]1O. The summed E-state index contributed by atoms with van der Waals surface area (Å²) in [5.41, 5.74) is 6.18. The Kier molecular flexibility index (Phi) is 13.5. The minimum atomic E-state index is -2.77. The summed E-state index contributed by atoms with van der Waals surface area (Å²) in [4.78, 5) is 47.8. The summed E-state index contributed by atoms with van der Waals surface area (Å²) in [6.07, 6.45) is -18.0. The maximum Gasteiger partial charge on any atom is 0.247 e. The van der Waals surface area contributed by atoms with Crippen molar-refractivity contribution in [2.45, 2.75) is 106 Å². The number of aldehydes is 1. The van der Waals surface area contributed by atoms with Crippen molar-refractivity contribution < 1.29 is 79.0 Å². The number of nitrogens with one attached hydrogen (secondary N) is 2. The van der Waals surface area contributed by atoms with Crippen LogP contribution in [0.15, 0.2) is 0 Å². The van der Waals surface area contributed by atoms with Crippen molar-refractivity contribution in [3.8, 4) is 0 Å². The fourth-order valence-corrected chi connectivity index (χ4v) is 4.90. The van der Waals surface area contributed by atoms with Crippen LogP contribution < -0.4 is 16.4 Å². The Morgan fingerprint density at radius 2 is 1.58 bits per heavy atom. The van der Waals surface area contributed by atoms with Gasteiger partial charge in [0, 0.05) is 20.8 Å². The molecule has 43 heavy (non-hydrogen) atoms. The molecule has 2 fully saturated rings. The molecule has 2 amide bonds. The number of ketones is 1. The van der Waals surface area contributed by atoms with E-state index in [0.717, 1.165) is 20.8 Å². The number of rotatable bonds is 14. The van der Waals surface area contributed by atoms with Crippen LogP contribution in [0.4, 0.5) is 0 Å². The average Bonchev–Trinajstić information content (AvgIpc) is 2.96. The largest absolute Gasteiger partial charge is 0.394 e. The van der Waals surface area contributed by atoms with Crippen molar-refractivity contribution in [1.82, 2.24) is 10.6 Å². The Morgan fingerprint density at radius 1 is 0.977 bits per heavy atom. The van der Waals surface area contributed by atoms with Gasteiger partial charge in [-0.1, -0.05) is 0 Å². The standard InChI is InChI=1S/C24H41N3O16/c1-8(32)24(43-20(12(35)5-29)16(36)11(4-28)26-9(2)33)22(25)19(39)21(14(7-31)42-24)41-23-15(27-10(3)34)18(38)17(37)13(6-30)40-23/h4,11-23,29-31,35-39H,5-7,25H2,1-3H3,(H,26,33)(H,27,34)/t11-,12+,13+,14+,15+,16+,17+,18+,19-,20+,21+,22+,23-,24+/m0/s1. The molecule has 0 unspecified atom stereocenters. The van der Waals surface area contributed by atoms with Gasteiger partial charge >= 0.3 is 0 Å². The van der Waals surface area contributed by atoms with E-state index in [0.29, 0.717) is 0 Å². The third-order valence-electron chi connectivity index (χ3n) is 7.15. The van der Waals surface area contributed by atoms with Gasteiger partial charge in [0.2, 0.25) is 17.6 Å². The number of hydrogen-bond acceptors (Lipinski definition) is 17. The van der Waals surface area contributed by atoms with Crippen molar-refractivity contribution in [1.29, 1.82) is 0 Å². The van der Waals surface area contributed by atoms with Crippen LogP contribution in [0, 0.1) is 0 Å². The summed E-state index contributed by atoms with van der Waals surface area (Å²) < 4.78 is 22.5. The maximum absolute atomic E-state index is 13.0. The van der Waals surface area contributed by atoms with Gasteiger partial charge in [0.15, 0.2) is 12.1 Å². The molecule has 0 saturated carbocycles. The third-order valence-corrected chi connectivity index (χ3v) is 7.15. The molecule has 19 nitrogen and oxygen atoms in total. The van der Waals surface area contributed by atoms with Crippen LogP contribution in [-0.2, 0) is 38.1 Å². The minimum Gasteiger partial charge on any atom is -0.394 e. The van der Waals surface area contributed by atoms with Crippen LogP contribution in [0.1, 0.15) is 20.8 Å². The lowest BCUT2D eigenvalue weighted by atomic mass is 9.87. The number of ether oxygens (including phenoxy) is 4. The molecular formula is C24H41N3O16. The normalized spacial score (nSPS) is 37.4. The zero-order valence-electron chi connectivity index (χ0n) is 23.6. The fourth-order valence-electron chi connectivity index (χ4n) is 4.90. The molecule has 0 bridgehead atoms. The molecule has 0 aromatic carbocycles. The predicted molar refractivity (Wildman–Crippen MR) is 137 cm³/mol. The Balaban J connectivity index is 2.47. The first-order valence-electron chi connectivity index (χ1n) is 13.3. The second-order valence-corrected chi connectivity index (χ2v) is 10.3. The van der Waals surface area contributed by atoms with E-state index >= 15 is 0 Å². The first kappa shape index (κ1) is 36.9. The number of carbonyl (C=O) groups is 4. The number of amides is 2. The van der Waals surface area contributed by atoms with Crippen LogP contribution >= 0.6 is 0 Å². The summed E-state index contributed by atoms with van der Waals surface area (Å²) in [5.74, 6) is -5.29. The molecule has 2 heterocycles. The molecule has 14 atom stereocenters. The molecule has 2 aliphatic rings. The van der Waals surface area contributed by atoms with Gasteiger partial charge in [-0.05, 0) is 0 Å². The number of nitrogens with two attached hydrogens (primary N) is 1. The van der Waals surface area contributed by atoms with E-state index < -0.39 is 123 Å². The smallest absolute Gasteiger partial charge is 0.247 e. The first-order chi connectivity index (χ1) is 20.1. The summed E-state index contributed by atoms with van der Waals surface area (Å²) in [6.45, 7) is 0.120. The Morgan fingerprint density at radius 3 is 2.05 bits per heavy atom. The van der Waals surface area contributed by atoms with Crippen molar-refractivity contribution in [3.05, 3.63) is 0 Å². The van der Waals surface area contributed by atoms with Crippen molar-refractivity contribution >= 4 is 23.9 Å². The molecule has 2 rings (SSSR count). The summed E-state index contributed by atoms with van der Waals surface area (Å²) in [6, 6.07) is -5.12. The first-order valence-corrected chi connectivity index (χ1v) is 13.3. The Labute approximate surface area is 245 Å². The van der Waals surface area contributed by atoms with E-state index in [4.69, 9.17) is 24.7 Å². The number of hydrogen-bond donors (Lipinski definition) is 11. The Hall–Kier alpha value is -2.24. The van der Waals surface area contributed by atoms with E-state index in [2.05, 4.69) is 10.6 Å². The topological polar surface area (TPSA) is 317 Å². The molecular weight excluding hydrogens is 586 g/mol. The predicted octanol–water partition coefficient (Wildman–Crippen LogP) is -7.52. The Bertz CT molecular complexity index is 973. The van der Waals surface area contributed by atoms with E-state index in [1.54, 1.807) is 0 Å². The van der Waals surface area contributed by atoms with E-state index in [1.807, 2.05) is 0 Å². The number of aliphatic hydroxyl groups is 8. The van der Waals surface area contributed by atoms with Gasteiger partial charge in [-0.3, -0.25) is 14.4 Å². The van der Waals surface area contributed by atoms with Crippen LogP contribution in [0.3, 0.4) is 0 Å². The lowest BCUT2D eigenvalue weighted by molar-refractivity contribution is -0.364. The van der Waals surface area contributed by atoms with Gasteiger partial charge in [-0.15, -0.1) is 0 Å². The number of carbonyl (C=O) groups excluding carboxylic acids is 4. The maximum atomic E-state index is 13.0. The van der Waals surface area contributed by atoms with Gasteiger partial charge < -0.3 is 81.0 Å². The van der Waals surface area contributed by atoms with Crippen LogP contribution in [0.2, 0.25) is 0 Å². The van der Waals surface area contributed by atoms with Crippen LogP contribution in [0.5, 0.6) is 0 Å². The van der Waals surface area contributed by atoms with Gasteiger partial charge in [-0.2, -0.15) is 0 Å². The molecule has 0 spiro atoms. The minimum absolute atomic E-state index is 0.102. The zero-order valence-corrected chi connectivity index (χ0v) is 23.6. The fraction of sp³-hybridized carbons (Fsp3) is 0.833. The number of aliphatic hydroxyl groups excluding tert-OH is 8. The van der Waals surface area contributed by atoms with E-state index in [9.17, 15) is 60.0 Å². The monoisotopic (exact) mass is 627 g/mol. The highest BCUT2D eigenvalue weighted by molar-refractivity contribution is 5.85. The molecule has 19 heteroatoms. The molecule has 0 aromatic rings. The second kappa shape index (κ2) is 15.7. The molecule has 248 valence electrons. The number of Topliss-reactive ketones (excluding diaryl/α,β-unsaturated/α-hetero) is 1. The van der Waals surface area contributed by atoms with Crippen molar-refractivity contribution in [2.75, 3.05) is 19.8 Å². The molecule has 2 aliphatic heterocycles. The quantitative estimate of drug-likeness (QED) is 0.0796. The zero-order chi connectivity index (χ0) is 32.8. The molecule has 0 aromatic heterocycles. The van der Waals surface area contributed by atoms with Crippen LogP contribution in [-0.4, -0.2) is 170 Å². The highest BCUT2D eigenvalue weighted by atomic mass is 16.7. The second-order valence-electron chi connectivity index (χ2n) is 10.3. The molecule has 12 N–H and O–H groups in total.